The molecule has 12 heavy (non-hydrogen) atoms. The first-order chi connectivity index (χ1) is 5.37. The van der Waals surface area contributed by atoms with Gasteiger partial charge in [0.05, 0.1) is 0 Å². The summed E-state index contributed by atoms with van der Waals surface area (Å²) in [5.74, 6) is -8.84. The molecule has 0 spiro atoms. The number of allylic oxidation sites excluding steroid dienone is 1. The van der Waals surface area contributed by atoms with Crippen molar-refractivity contribution in [1.29, 1.82) is 0 Å². The molecule has 0 aromatic rings. The highest BCUT2D eigenvalue weighted by atomic mass is 19.3. The van der Waals surface area contributed by atoms with Crippen molar-refractivity contribution in [2.75, 3.05) is 6.67 Å². The van der Waals surface area contributed by atoms with Gasteiger partial charge in [0.15, 0.2) is 6.67 Å². The van der Waals surface area contributed by atoms with Gasteiger partial charge < -0.3 is 0 Å². The summed E-state index contributed by atoms with van der Waals surface area (Å²) in [4.78, 5) is 0. The first-order valence-electron chi connectivity index (χ1n) is 3.30. The van der Waals surface area contributed by atoms with Crippen molar-refractivity contribution < 1.29 is 22.0 Å². The van der Waals surface area contributed by atoms with Crippen molar-refractivity contribution in [3.8, 4) is 0 Å². The third-order valence-electron chi connectivity index (χ3n) is 1.37. The van der Waals surface area contributed by atoms with Gasteiger partial charge in [-0.25, -0.2) is 4.39 Å². The summed E-state index contributed by atoms with van der Waals surface area (Å²) < 4.78 is 60.3. The molecular weight excluding hydrogens is 179 g/mol. The van der Waals surface area contributed by atoms with Gasteiger partial charge in [-0.15, -0.1) is 6.58 Å². The van der Waals surface area contributed by atoms with Crippen molar-refractivity contribution >= 4 is 0 Å². The quantitative estimate of drug-likeness (QED) is 0.459. The Morgan fingerprint density at radius 3 is 1.92 bits per heavy atom. The van der Waals surface area contributed by atoms with Crippen LogP contribution >= 0.6 is 0 Å². The van der Waals surface area contributed by atoms with E-state index in [1.807, 2.05) is 0 Å². The second kappa shape index (κ2) is 3.87. The molecule has 0 aliphatic heterocycles. The van der Waals surface area contributed by atoms with E-state index < -0.39 is 24.9 Å². The van der Waals surface area contributed by atoms with Crippen LogP contribution < -0.4 is 0 Å². The number of alkyl halides is 5. The molecule has 0 fully saturated rings. The van der Waals surface area contributed by atoms with Crippen LogP contribution in [0.1, 0.15) is 12.8 Å². The lowest BCUT2D eigenvalue weighted by Gasteiger charge is -2.23. The zero-order valence-corrected chi connectivity index (χ0v) is 6.30. The molecule has 0 saturated heterocycles. The Kier molecular flexibility index (Phi) is 3.67. The lowest BCUT2D eigenvalue weighted by Crippen LogP contribution is -2.42. The Morgan fingerprint density at radius 1 is 1.08 bits per heavy atom. The zero-order valence-electron chi connectivity index (χ0n) is 6.30. The van der Waals surface area contributed by atoms with Gasteiger partial charge in [-0.05, 0) is 6.42 Å². The van der Waals surface area contributed by atoms with E-state index in [2.05, 4.69) is 6.58 Å². The van der Waals surface area contributed by atoms with Crippen LogP contribution in [-0.2, 0) is 0 Å². The molecule has 0 aliphatic rings. The van der Waals surface area contributed by atoms with Gasteiger partial charge in [0.2, 0.25) is 0 Å². The first-order valence-corrected chi connectivity index (χ1v) is 3.30. The fourth-order valence-corrected chi connectivity index (χ4v) is 0.564. The van der Waals surface area contributed by atoms with Crippen molar-refractivity contribution in [3.63, 3.8) is 0 Å². The van der Waals surface area contributed by atoms with Crippen LogP contribution in [0.4, 0.5) is 22.0 Å². The number of hydrogen-bond acceptors (Lipinski definition) is 0. The largest absolute Gasteiger partial charge is 0.337 e. The van der Waals surface area contributed by atoms with E-state index in [0.717, 1.165) is 6.08 Å². The summed E-state index contributed by atoms with van der Waals surface area (Å²) in [6.45, 7) is 0.763. The average Bonchev–Trinajstić information content (AvgIpc) is 2.00. The molecule has 0 nitrogen and oxygen atoms in total. The molecule has 0 amide bonds. The fourth-order valence-electron chi connectivity index (χ4n) is 0.564. The van der Waals surface area contributed by atoms with Crippen molar-refractivity contribution in [1.82, 2.24) is 0 Å². The molecule has 0 N–H and O–H groups in total. The van der Waals surface area contributed by atoms with E-state index >= 15 is 0 Å². The van der Waals surface area contributed by atoms with Crippen molar-refractivity contribution in [2.24, 2.45) is 0 Å². The topological polar surface area (TPSA) is 0 Å². The SMILES string of the molecule is C=CCCC(F)(F)C(F)(F)CF. The monoisotopic (exact) mass is 188 g/mol. The van der Waals surface area contributed by atoms with Crippen LogP contribution in [0.2, 0.25) is 0 Å². The summed E-state index contributed by atoms with van der Waals surface area (Å²) in [5.41, 5.74) is 0. The summed E-state index contributed by atoms with van der Waals surface area (Å²) in [5, 5.41) is 0. The summed E-state index contributed by atoms with van der Waals surface area (Å²) in [6.07, 6.45) is -0.252. The molecule has 0 heterocycles. The molecule has 5 heteroatoms. The maximum Gasteiger partial charge on any atom is 0.337 e. The minimum absolute atomic E-state index is 0.261. The van der Waals surface area contributed by atoms with Gasteiger partial charge in [-0.2, -0.15) is 17.6 Å². The maximum absolute atomic E-state index is 12.4. The third kappa shape index (κ3) is 2.46. The highest BCUT2D eigenvalue weighted by Gasteiger charge is 2.55. The Bertz CT molecular complexity index is 152. The summed E-state index contributed by atoms with van der Waals surface area (Å²) in [7, 11) is 0. The molecule has 0 saturated carbocycles. The van der Waals surface area contributed by atoms with Gasteiger partial charge in [0.1, 0.15) is 0 Å². The van der Waals surface area contributed by atoms with E-state index in [1.165, 1.54) is 0 Å². The molecule has 0 radical (unpaired) electrons. The van der Waals surface area contributed by atoms with Crippen LogP contribution in [0.3, 0.4) is 0 Å². The minimum atomic E-state index is -4.56. The number of hydrogen-bond donors (Lipinski definition) is 0. The molecular formula is C7H9F5. The van der Waals surface area contributed by atoms with Crippen LogP contribution in [0.15, 0.2) is 12.7 Å². The van der Waals surface area contributed by atoms with E-state index in [9.17, 15) is 22.0 Å². The Morgan fingerprint density at radius 2 is 1.58 bits per heavy atom. The molecule has 0 aromatic carbocycles. The van der Waals surface area contributed by atoms with E-state index in [4.69, 9.17) is 0 Å². The summed E-state index contributed by atoms with van der Waals surface area (Å²) in [6, 6.07) is 0. The van der Waals surface area contributed by atoms with Gasteiger partial charge in [-0.3, -0.25) is 0 Å². The molecule has 72 valence electrons. The van der Waals surface area contributed by atoms with Gasteiger partial charge in [0.25, 0.3) is 0 Å². The zero-order chi connectivity index (χ0) is 9.83. The number of halogens is 5. The highest BCUT2D eigenvalue weighted by Crippen LogP contribution is 2.38. The van der Waals surface area contributed by atoms with E-state index in [1.54, 1.807) is 0 Å². The molecule has 0 aliphatic carbocycles. The molecule has 0 bridgehead atoms. The van der Waals surface area contributed by atoms with Crippen LogP contribution in [0, 0.1) is 0 Å². The van der Waals surface area contributed by atoms with Crippen LogP contribution in [0.5, 0.6) is 0 Å². The normalized spacial score (nSPS) is 13.1. The second-order valence-electron chi connectivity index (χ2n) is 2.37. The first kappa shape index (κ1) is 11.4. The lowest BCUT2D eigenvalue weighted by atomic mass is 10.1. The molecule has 0 rings (SSSR count). The Hall–Kier alpha value is -0.610. The highest BCUT2D eigenvalue weighted by molar-refractivity contribution is 4.86. The Labute approximate surface area is 67.1 Å². The molecule has 0 aromatic heterocycles. The van der Waals surface area contributed by atoms with E-state index in [-0.39, 0.29) is 6.42 Å². The van der Waals surface area contributed by atoms with E-state index in [0.29, 0.717) is 0 Å². The third-order valence-corrected chi connectivity index (χ3v) is 1.37. The Balaban J connectivity index is 4.26. The standard InChI is InChI=1S/C7H9F5/c1-2-3-4-6(9,10)7(11,12)5-8/h2H,1,3-5H2. The minimum Gasteiger partial charge on any atom is -0.244 e. The molecule has 0 unspecified atom stereocenters. The van der Waals surface area contributed by atoms with Gasteiger partial charge in [-0.1, -0.05) is 6.08 Å². The second-order valence-corrected chi connectivity index (χ2v) is 2.37. The predicted octanol–water partition coefficient (Wildman–Crippen LogP) is 3.19. The van der Waals surface area contributed by atoms with Gasteiger partial charge in [0, 0.05) is 6.42 Å². The predicted molar refractivity (Wildman–Crippen MR) is 35.3 cm³/mol. The maximum atomic E-state index is 12.4. The average molecular weight is 188 g/mol. The van der Waals surface area contributed by atoms with Crippen molar-refractivity contribution in [2.45, 2.75) is 24.7 Å². The molecule has 0 atom stereocenters. The lowest BCUT2D eigenvalue weighted by molar-refractivity contribution is -0.217. The van der Waals surface area contributed by atoms with Crippen LogP contribution in [0.25, 0.3) is 0 Å². The van der Waals surface area contributed by atoms with Crippen molar-refractivity contribution in [3.05, 3.63) is 12.7 Å². The fraction of sp³-hybridized carbons (Fsp3) is 0.714. The smallest absolute Gasteiger partial charge is 0.244 e. The number of rotatable bonds is 5. The van der Waals surface area contributed by atoms with Gasteiger partial charge >= 0.3 is 11.8 Å². The van der Waals surface area contributed by atoms with Crippen LogP contribution in [-0.4, -0.2) is 18.5 Å². The summed E-state index contributed by atoms with van der Waals surface area (Å²) >= 11 is 0.